The third-order valence-corrected chi connectivity index (χ3v) is 4.77. The normalized spacial score (nSPS) is 18.2. The first-order valence-electron chi connectivity index (χ1n) is 9.31. The molecule has 2 saturated carbocycles. The van der Waals surface area contributed by atoms with Crippen LogP contribution in [0.5, 0.6) is 5.88 Å². The maximum atomic E-state index is 12.7. The summed E-state index contributed by atoms with van der Waals surface area (Å²) in [7, 11) is 1.56. The zero-order valence-corrected chi connectivity index (χ0v) is 16.0. The molecule has 0 spiro atoms. The third-order valence-electron chi connectivity index (χ3n) is 4.77. The number of carbonyl (C=O) groups is 2. The molecular formula is C19H28N4O3. The monoisotopic (exact) mass is 360 g/mol. The molecular weight excluding hydrogens is 332 g/mol. The van der Waals surface area contributed by atoms with Crippen LogP contribution in [0.2, 0.25) is 0 Å². The van der Waals surface area contributed by atoms with E-state index in [0.29, 0.717) is 24.3 Å². The lowest BCUT2D eigenvalue weighted by atomic mass is 9.86. The lowest BCUT2D eigenvalue weighted by molar-refractivity contribution is -0.124. The molecule has 2 fully saturated rings. The van der Waals surface area contributed by atoms with Crippen molar-refractivity contribution in [3.63, 3.8) is 0 Å². The minimum Gasteiger partial charge on any atom is -0.476 e. The summed E-state index contributed by atoms with van der Waals surface area (Å²) in [6, 6.07) is -0.666. The van der Waals surface area contributed by atoms with E-state index in [4.69, 9.17) is 4.74 Å². The Hall–Kier alpha value is -2.18. The van der Waals surface area contributed by atoms with Gasteiger partial charge in [0.1, 0.15) is 11.7 Å². The van der Waals surface area contributed by atoms with Gasteiger partial charge in [0.25, 0.3) is 5.91 Å². The van der Waals surface area contributed by atoms with Gasteiger partial charge in [-0.1, -0.05) is 20.8 Å². The highest BCUT2D eigenvalue weighted by atomic mass is 16.5. The van der Waals surface area contributed by atoms with Gasteiger partial charge < -0.3 is 15.4 Å². The van der Waals surface area contributed by atoms with Gasteiger partial charge in [0.2, 0.25) is 11.8 Å². The Bertz CT molecular complexity index is 691. The van der Waals surface area contributed by atoms with Crippen LogP contribution < -0.4 is 15.4 Å². The summed E-state index contributed by atoms with van der Waals surface area (Å²) in [4.78, 5) is 33.7. The molecule has 2 amide bonds. The van der Waals surface area contributed by atoms with Gasteiger partial charge in [0.05, 0.1) is 12.8 Å². The maximum absolute atomic E-state index is 12.7. The van der Waals surface area contributed by atoms with E-state index in [0.717, 1.165) is 18.5 Å². The molecule has 1 heterocycles. The molecule has 142 valence electrons. The Morgan fingerprint density at radius 3 is 2.50 bits per heavy atom. The first-order chi connectivity index (χ1) is 12.3. The van der Waals surface area contributed by atoms with Crippen LogP contribution in [0.3, 0.4) is 0 Å². The predicted molar refractivity (Wildman–Crippen MR) is 97.0 cm³/mol. The van der Waals surface area contributed by atoms with Crippen LogP contribution in [-0.2, 0) is 4.79 Å². The van der Waals surface area contributed by atoms with Crippen LogP contribution in [-0.4, -0.2) is 41.5 Å². The minimum absolute atomic E-state index is 0.179. The van der Waals surface area contributed by atoms with E-state index in [1.807, 2.05) is 20.8 Å². The summed E-state index contributed by atoms with van der Waals surface area (Å²) >= 11 is 0. The number of amides is 2. The minimum atomic E-state index is -0.666. The Labute approximate surface area is 154 Å². The van der Waals surface area contributed by atoms with Gasteiger partial charge in [0, 0.05) is 13.0 Å². The molecule has 1 atom stereocenters. The molecule has 26 heavy (non-hydrogen) atoms. The number of likely N-dealkylation sites (N-methyl/N-ethyl adjacent to an activating group) is 1. The quantitative estimate of drug-likeness (QED) is 0.776. The second-order valence-corrected chi connectivity index (χ2v) is 8.36. The van der Waals surface area contributed by atoms with Crippen molar-refractivity contribution in [3.05, 3.63) is 17.6 Å². The van der Waals surface area contributed by atoms with E-state index in [2.05, 4.69) is 20.6 Å². The smallest absolute Gasteiger partial charge is 0.272 e. The number of hydrogen-bond donors (Lipinski definition) is 2. The average Bonchev–Trinajstić information content (AvgIpc) is 3.48. The standard InChI is InChI=1S/C19H28N4O3/c1-19(2,3)15(17(25)20-4)23-16(24)13-9-21-14(12-7-8-12)18(22-13)26-10-11-5-6-11/h9,11-12,15H,5-8,10H2,1-4H3,(H,20,25)(H,23,24)/t15-/m1/s1. The van der Waals surface area contributed by atoms with Crippen LogP contribution in [0.1, 0.15) is 68.6 Å². The highest BCUT2D eigenvalue weighted by molar-refractivity contribution is 5.96. The van der Waals surface area contributed by atoms with E-state index >= 15 is 0 Å². The van der Waals surface area contributed by atoms with Crippen molar-refractivity contribution in [2.45, 2.75) is 58.4 Å². The molecule has 2 N–H and O–H groups in total. The summed E-state index contributed by atoms with van der Waals surface area (Å²) in [5.41, 5.74) is 0.599. The third kappa shape index (κ3) is 4.51. The molecule has 0 aliphatic heterocycles. The molecule has 2 aliphatic rings. The SMILES string of the molecule is CNC(=O)[C@@H](NC(=O)c1cnc(C2CC2)c(OCC2CC2)n1)C(C)(C)C. The predicted octanol–water partition coefficient (Wildman–Crippen LogP) is 2.03. The fraction of sp³-hybridized carbons (Fsp3) is 0.684. The maximum Gasteiger partial charge on any atom is 0.272 e. The molecule has 1 aromatic rings. The Morgan fingerprint density at radius 2 is 1.96 bits per heavy atom. The lowest BCUT2D eigenvalue weighted by Crippen LogP contribution is -2.53. The van der Waals surface area contributed by atoms with Gasteiger partial charge in [-0.25, -0.2) is 4.98 Å². The van der Waals surface area contributed by atoms with E-state index < -0.39 is 17.4 Å². The Morgan fingerprint density at radius 1 is 1.27 bits per heavy atom. The number of nitrogens with one attached hydrogen (secondary N) is 2. The Balaban J connectivity index is 1.77. The molecule has 0 aromatic carbocycles. The summed E-state index contributed by atoms with van der Waals surface area (Å²) in [6.07, 6.45) is 6.03. The molecule has 0 unspecified atom stereocenters. The molecule has 3 rings (SSSR count). The van der Waals surface area contributed by atoms with Crippen molar-refractivity contribution in [3.8, 4) is 5.88 Å². The van der Waals surface area contributed by atoms with Crippen LogP contribution in [0.4, 0.5) is 0 Å². The second kappa shape index (κ2) is 7.21. The number of nitrogens with zero attached hydrogens (tertiary/aromatic N) is 2. The zero-order valence-electron chi connectivity index (χ0n) is 16.0. The summed E-state index contributed by atoms with van der Waals surface area (Å²) < 4.78 is 5.86. The van der Waals surface area contributed by atoms with E-state index in [1.165, 1.54) is 19.0 Å². The first-order valence-corrected chi connectivity index (χ1v) is 9.31. The highest BCUT2D eigenvalue weighted by Gasteiger charge is 2.34. The topological polar surface area (TPSA) is 93.2 Å². The number of ether oxygens (including phenoxy) is 1. The fourth-order valence-corrected chi connectivity index (χ4v) is 2.74. The summed E-state index contributed by atoms with van der Waals surface area (Å²) in [5.74, 6) is 0.805. The molecule has 0 saturated heterocycles. The van der Waals surface area contributed by atoms with Crippen molar-refractivity contribution in [2.24, 2.45) is 11.3 Å². The van der Waals surface area contributed by atoms with Crippen molar-refractivity contribution < 1.29 is 14.3 Å². The van der Waals surface area contributed by atoms with E-state index in [-0.39, 0.29) is 11.6 Å². The summed E-state index contributed by atoms with van der Waals surface area (Å²) in [5, 5.41) is 5.38. The highest BCUT2D eigenvalue weighted by Crippen LogP contribution is 2.42. The van der Waals surface area contributed by atoms with Gasteiger partial charge in [0.15, 0.2) is 5.69 Å². The number of aromatic nitrogens is 2. The van der Waals surface area contributed by atoms with Crippen molar-refractivity contribution in [1.29, 1.82) is 0 Å². The van der Waals surface area contributed by atoms with Gasteiger partial charge in [-0.3, -0.25) is 14.6 Å². The zero-order chi connectivity index (χ0) is 18.9. The molecule has 1 aromatic heterocycles. The van der Waals surface area contributed by atoms with Crippen LogP contribution in [0.25, 0.3) is 0 Å². The lowest BCUT2D eigenvalue weighted by Gasteiger charge is -2.29. The van der Waals surface area contributed by atoms with Gasteiger partial charge >= 0.3 is 0 Å². The Kier molecular flexibility index (Phi) is 5.16. The summed E-state index contributed by atoms with van der Waals surface area (Å²) in [6.45, 7) is 6.33. The molecule has 7 nitrogen and oxygen atoms in total. The van der Waals surface area contributed by atoms with Gasteiger partial charge in [-0.2, -0.15) is 0 Å². The van der Waals surface area contributed by atoms with Crippen molar-refractivity contribution in [2.75, 3.05) is 13.7 Å². The number of rotatable bonds is 7. The molecule has 0 bridgehead atoms. The average molecular weight is 360 g/mol. The molecule has 0 radical (unpaired) electrons. The van der Waals surface area contributed by atoms with Crippen LogP contribution in [0, 0.1) is 11.3 Å². The van der Waals surface area contributed by atoms with Gasteiger partial charge in [-0.05, 0) is 37.0 Å². The van der Waals surface area contributed by atoms with E-state index in [1.54, 1.807) is 7.05 Å². The van der Waals surface area contributed by atoms with E-state index in [9.17, 15) is 9.59 Å². The van der Waals surface area contributed by atoms with Crippen molar-refractivity contribution in [1.82, 2.24) is 20.6 Å². The van der Waals surface area contributed by atoms with Crippen molar-refractivity contribution >= 4 is 11.8 Å². The van der Waals surface area contributed by atoms with Crippen LogP contribution in [0.15, 0.2) is 6.20 Å². The molecule has 7 heteroatoms. The van der Waals surface area contributed by atoms with Crippen LogP contribution >= 0.6 is 0 Å². The number of carbonyl (C=O) groups excluding carboxylic acids is 2. The number of hydrogen-bond acceptors (Lipinski definition) is 5. The first kappa shape index (κ1) is 18.6. The largest absolute Gasteiger partial charge is 0.476 e. The fourth-order valence-electron chi connectivity index (χ4n) is 2.74. The van der Waals surface area contributed by atoms with Gasteiger partial charge in [-0.15, -0.1) is 0 Å². The second-order valence-electron chi connectivity index (χ2n) is 8.36. The molecule has 2 aliphatic carbocycles.